The maximum absolute atomic E-state index is 10.9. The van der Waals surface area contributed by atoms with E-state index < -0.39 is 12.0 Å². The zero-order valence-corrected chi connectivity index (χ0v) is 12.6. The number of carbonyl (C=O) groups is 1. The number of likely N-dealkylation sites (N-methyl/N-ethyl adjacent to an activating group) is 1. The monoisotopic (exact) mass is 365 g/mol. The standard InChI is InChI=1S/C11H13Br2NO3/c1-14-9(11(15)16)5-6-3-7(12)10(17-2)8(13)4-6/h3-4,9,14H,5H2,1-2H3,(H,15,16)/t9-/m1/s1. The molecule has 1 rings (SSSR count). The molecule has 0 spiro atoms. The van der Waals surface area contributed by atoms with Crippen LogP contribution in [0.5, 0.6) is 5.75 Å². The molecule has 0 bridgehead atoms. The summed E-state index contributed by atoms with van der Waals surface area (Å²) in [6.07, 6.45) is 0.410. The van der Waals surface area contributed by atoms with Gasteiger partial charge in [0.25, 0.3) is 0 Å². The van der Waals surface area contributed by atoms with Crippen LogP contribution in [0.1, 0.15) is 5.56 Å². The Hall–Kier alpha value is -0.590. The largest absolute Gasteiger partial charge is 0.494 e. The second kappa shape index (κ2) is 6.37. The van der Waals surface area contributed by atoms with E-state index in [0.29, 0.717) is 12.2 Å². The normalized spacial score (nSPS) is 12.2. The molecule has 0 saturated carbocycles. The molecule has 0 fully saturated rings. The zero-order chi connectivity index (χ0) is 13.0. The molecular formula is C11H13Br2NO3. The van der Waals surface area contributed by atoms with E-state index in [0.717, 1.165) is 14.5 Å². The van der Waals surface area contributed by atoms with E-state index in [-0.39, 0.29) is 0 Å². The van der Waals surface area contributed by atoms with E-state index in [9.17, 15) is 4.79 Å². The van der Waals surface area contributed by atoms with Crippen molar-refractivity contribution < 1.29 is 14.6 Å². The number of carboxylic acid groups (broad SMARTS) is 1. The third-order valence-corrected chi connectivity index (χ3v) is 3.53. The summed E-state index contributed by atoms with van der Waals surface area (Å²) >= 11 is 6.77. The lowest BCUT2D eigenvalue weighted by Crippen LogP contribution is -2.35. The van der Waals surface area contributed by atoms with Crippen LogP contribution in [-0.4, -0.2) is 31.3 Å². The van der Waals surface area contributed by atoms with Gasteiger partial charge < -0.3 is 15.2 Å². The minimum atomic E-state index is -0.865. The van der Waals surface area contributed by atoms with Gasteiger partial charge in [-0.1, -0.05) is 0 Å². The fraction of sp³-hybridized carbons (Fsp3) is 0.364. The maximum atomic E-state index is 10.9. The molecule has 6 heteroatoms. The smallest absolute Gasteiger partial charge is 0.321 e. The molecule has 17 heavy (non-hydrogen) atoms. The second-order valence-electron chi connectivity index (χ2n) is 3.48. The van der Waals surface area contributed by atoms with Crippen molar-refractivity contribution in [2.24, 2.45) is 0 Å². The summed E-state index contributed by atoms with van der Waals surface area (Å²) in [6, 6.07) is 3.12. The number of hydrogen-bond acceptors (Lipinski definition) is 3. The number of carboxylic acids is 1. The number of ether oxygens (including phenoxy) is 1. The van der Waals surface area contributed by atoms with Crippen molar-refractivity contribution >= 4 is 37.8 Å². The predicted octanol–water partition coefficient (Wildman–Crippen LogP) is 2.44. The molecule has 1 atom stereocenters. The van der Waals surface area contributed by atoms with Gasteiger partial charge in [-0.25, -0.2) is 0 Å². The predicted molar refractivity (Wildman–Crippen MR) is 72.6 cm³/mol. The molecule has 0 heterocycles. The van der Waals surface area contributed by atoms with Crippen molar-refractivity contribution in [3.05, 3.63) is 26.6 Å². The van der Waals surface area contributed by atoms with Gasteiger partial charge in [0.2, 0.25) is 0 Å². The molecule has 0 radical (unpaired) electrons. The van der Waals surface area contributed by atoms with E-state index in [1.165, 1.54) is 0 Å². The molecule has 0 amide bonds. The van der Waals surface area contributed by atoms with Crippen molar-refractivity contribution in [2.75, 3.05) is 14.2 Å². The third kappa shape index (κ3) is 3.69. The number of benzene rings is 1. The van der Waals surface area contributed by atoms with Crippen LogP contribution in [0, 0.1) is 0 Å². The highest BCUT2D eigenvalue weighted by atomic mass is 79.9. The van der Waals surface area contributed by atoms with Crippen LogP contribution in [0.25, 0.3) is 0 Å². The summed E-state index contributed by atoms with van der Waals surface area (Å²) < 4.78 is 6.78. The van der Waals surface area contributed by atoms with Gasteiger partial charge in [-0.2, -0.15) is 0 Å². The number of methoxy groups -OCH3 is 1. The van der Waals surface area contributed by atoms with Crippen molar-refractivity contribution in [1.82, 2.24) is 5.32 Å². The Morgan fingerprint density at radius 2 is 2.00 bits per heavy atom. The van der Waals surface area contributed by atoms with Gasteiger partial charge >= 0.3 is 5.97 Å². The van der Waals surface area contributed by atoms with Crippen LogP contribution < -0.4 is 10.1 Å². The molecule has 2 N–H and O–H groups in total. The number of rotatable bonds is 5. The van der Waals surface area contributed by atoms with Gasteiger partial charge in [-0.15, -0.1) is 0 Å². The summed E-state index contributed by atoms with van der Waals surface area (Å²) in [7, 11) is 3.21. The Morgan fingerprint density at radius 3 is 2.35 bits per heavy atom. The fourth-order valence-corrected chi connectivity index (χ4v) is 3.08. The van der Waals surface area contributed by atoms with Crippen LogP contribution in [0.2, 0.25) is 0 Å². The summed E-state index contributed by atoms with van der Waals surface area (Å²) in [5, 5.41) is 11.7. The fourth-order valence-electron chi connectivity index (χ4n) is 1.47. The topological polar surface area (TPSA) is 58.6 Å². The lowest BCUT2D eigenvalue weighted by molar-refractivity contribution is -0.139. The maximum Gasteiger partial charge on any atom is 0.321 e. The molecule has 0 aromatic heterocycles. The van der Waals surface area contributed by atoms with E-state index >= 15 is 0 Å². The number of aliphatic carboxylic acids is 1. The molecule has 0 aliphatic carbocycles. The molecular weight excluding hydrogens is 354 g/mol. The number of nitrogens with one attached hydrogen (secondary N) is 1. The third-order valence-electron chi connectivity index (χ3n) is 2.35. The minimum absolute atomic E-state index is 0.410. The summed E-state index contributed by atoms with van der Waals surface area (Å²) in [5.74, 6) is -0.166. The molecule has 0 unspecified atom stereocenters. The Morgan fingerprint density at radius 1 is 1.47 bits per heavy atom. The highest BCUT2D eigenvalue weighted by Gasteiger charge is 2.17. The second-order valence-corrected chi connectivity index (χ2v) is 5.19. The Labute approximate surface area is 117 Å². The van der Waals surface area contributed by atoms with Crippen LogP contribution in [0.4, 0.5) is 0 Å². The molecule has 94 valence electrons. The van der Waals surface area contributed by atoms with Crippen molar-refractivity contribution in [1.29, 1.82) is 0 Å². The van der Waals surface area contributed by atoms with Crippen LogP contribution in [-0.2, 0) is 11.2 Å². The molecule has 1 aromatic rings. The van der Waals surface area contributed by atoms with E-state index in [1.54, 1.807) is 14.2 Å². The first-order valence-corrected chi connectivity index (χ1v) is 6.50. The number of hydrogen-bond donors (Lipinski definition) is 2. The minimum Gasteiger partial charge on any atom is -0.494 e. The van der Waals surface area contributed by atoms with Crippen LogP contribution in [0.3, 0.4) is 0 Å². The summed E-state index contributed by atoms with van der Waals surface area (Å²) in [4.78, 5) is 10.9. The van der Waals surface area contributed by atoms with Gasteiger partial charge in [-0.05, 0) is 63.0 Å². The highest BCUT2D eigenvalue weighted by Crippen LogP contribution is 2.34. The molecule has 1 aromatic carbocycles. The Balaban J connectivity index is 2.97. The number of halogens is 2. The van der Waals surface area contributed by atoms with Gasteiger partial charge in [0, 0.05) is 0 Å². The lowest BCUT2D eigenvalue weighted by atomic mass is 10.1. The average Bonchev–Trinajstić information content (AvgIpc) is 2.25. The van der Waals surface area contributed by atoms with Crippen LogP contribution in [0.15, 0.2) is 21.1 Å². The lowest BCUT2D eigenvalue weighted by Gasteiger charge is -2.13. The Bertz CT molecular complexity index is 400. The quantitative estimate of drug-likeness (QED) is 0.840. The average molecular weight is 367 g/mol. The highest BCUT2D eigenvalue weighted by molar-refractivity contribution is 9.11. The summed E-state index contributed by atoms with van der Waals surface area (Å²) in [6.45, 7) is 0. The SMILES string of the molecule is CN[C@H](Cc1cc(Br)c(OC)c(Br)c1)C(=O)O. The molecule has 0 aliphatic rings. The van der Waals surface area contributed by atoms with Crippen molar-refractivity contribution in [3.8, 4) is 5.75 Å². The van der Waals surface area contributed by atoms with Crippen molar-refractivity contribution in [2.45, 2.75) is 12.5 Å². The molecule has 0 saturated heterocycles. The Kier molecular flexibility index (Phi) is 5.42. The van der Waals surface area contributed by atoms with E-state index in [1.807, 2.05) is 12.1 Å². The first-order valence-electron chi connectivity index (χ1n) is 4.91. The van der Waals surface area contributed by atoms with Crippen LogP contribution >= 0.6 is 31.9 Å². The summed E-state index contributed by atoms with van der Waals surface area (Å²) in [5.41, 5.74) is 0.909. The molecule has 0 aliphatic heterocycles. The van der Waals surface area contributed by atoms with Crippen molar-refractivity contribution in [3.63, 3.8) is 0 Å². The first kappa shape index (κ1) is 14.5. The van der Waals surface area contributed by atoms with E-state index in [4.69, 9.17) is 9.84 Å². The van der Waals surface area contributed by atoms with E-state index in [2.05, 4.69) is 37.2 Å². The van der Waals surface area contributed by atoms with Gasteiger partial charge in [-0.3, -0.25) is 4.79 Å². The first-order chi connectivity index (χ1) is 7.99. The molecule has 4 nitrogen and oxygen atoms in total. The van der Waals surface area contributed by atoms with Gasteiger partial charge in [0.05, 0.1) is 16.1 Å². The zero-order valence-electron chi connectivity index (χ0n) is 9.46. The van der Waals surface area contributed by atoms with Gasteiger partial charge in [0.15, 0.2) is 0 Å². The van der Waals surface area contributed by atoms with Gasteiger partial charge in [0.1, 0.15) is 11.8 Å².